The molecule has 0 radical (unpaired) electrons. The molecule has 1 saturated heterocycles. The number of rotatable bonds is 17. The van der Waals surface area contributed by atoms with E-state index in [0.29, 0.717) is 12.0 Å². The molecule has 2 heterocycles. The van der Waals surface area contributed by atoms with Gasteiger partial charge in [0, 0.05) is 28.8 Å². The van der Waals surface area contributed by atoms with Crippen molar-refractivity contribution < 1.29 is 42.2 Å². The number of aliphatic hydroxyl groups excluding tert-OH is 1. The molecule has 3 unspecified atom stereocenters. The molecule has 0 aromatic heterocycles. The number of benzene rings is 3. The summed E-state index contributed by atoms with van der Waals surface area (Å²) in [4.78, 5) is 66.7. The molecule has 0 aliphatic carbocycles. The minimum absolute atomic E-state index is 0.000699. The van der Waals surface area contributed by atoms with Crippen LogP contribution in [0, 0.1) is 10.5 Å². The Labute approximate surface area is 376 Å². The van der Waals surface area contributed by atoms with Gasteiger partial charge in [-0.25, -0.2) is 23.2 Å². The third-order valence-electron chi connectivity index (χ3n) is 10.7. The number of carbonyl (C=O) groups is 5. The van der Waals surface area contributed by atoms with Crippen molar-refractivity contribution in [1.82, 2.24) is 26.0 Å². The number of ether oxygens (including phenoxy) is 1. The number of carbonyl (C=O) groups excluding carboxylic acids is 5. The molecule has 0 spiro atoms. The van der Waals surface area contributed by atoms with Gasteiger partial charge in [-0.15, -0.1) is 0 Å². The Balaban J connectivity index is 1.50. The maximum atomic E-state index is 14.9. The van der Waals surface area contributed by atoms with Crippen molar-refractivity contribution in [3.8, 4) is 0 Å². The Kier molecular flexibility index (Phi) is 15.6. The number of nitrogens with zero attached hydrogens (tertiary/aromatic N) is 2. The fourth-order valence-corrected chi connectivity index (χ4v) is 9.94. The normalized spacial score (nSPS) is 19.1. The van der Waals surface area contributed by atoms with Crippen LogP contribution in [-0.2, 0) is 41.9 Å². The van der Waals surface area contributed by atoms with Crippen molar-refractivity contribution in [1.29, 1.82) is 0 Å². The number of hydrogen-bond donors (Lipinski definition) is 6. The van der Waals surface area contributed by atoms with Crippen LogP contribution in [0.1, 0.15) is 86.8 Å². The number of fused-ring (bicyclic) bond motifs is 1. The van der Waals surface area contributed by atoms with Gasteiger partial charge in [0.15, 0.2) is 6.10 Å². The van der Waals surface area contributed by atoms with Crippen LogP contribution in [0.25, 0.3) is 0 Å². The van der Waals surface area contributed by atoms with E-state index in [-0.39, 0.29) is 67.1 Å². The van der Waals surface area contributed by atoms with E-state index in [1.807, 2.05) is 31.2 Å². The monoisotopic (exact) mass is 985 g/mol. The summed E-state index contributed by atoms with van der Waals surface area (Å²) in [5.74, 6) is -3.15. The number of aryl methyl sites for hydroxylation is 1. The molecular formula is C44H56IN7O9S. The molecule has 0 saturated carbocycles. The summed E-state index contributed by atoms with van der Waals surface area (Å²) in [6.45, 7) is 9.05. The molecular weight excluding hydrogens is 929 g/mol. The van der Waals surface area contributed by atoms with E-state index >= 15 is 0 Å². The molecule has 4 atom stereocenters. The summed E-state index contributed by atoms with van der Waals surface area (Å²) in [7, 11) is -4.44. The molecule has 1 fully saturated rings. The number of primary amides is 1. The second-order valence-corrected chi connectivity index (χ2v) is 19.8. The zero-order valence-corrected chi connectivity index (χ0v) is 38.5. The summed E-state index contributed by atoms with van der Waals surface area (Å²) in [6.07, 6.45) is -1.36. The quantitative estimate of drug-likeness (QED) is 0.0841. The highest BCUT2D eigenvalue weighted by molar-refractivity contribution is 14.1. The zero-order valence-electron chi connectivity index (χ0n) is 35.6. The lowest BCUT2D eigenvalue weighted by atomic mass is 9.85. The fourth-order valence-electron chi connectivity index (χ4n) is 7.50. The van der Waals surface area contributed by atoms with E-state index in [1.54, 1.807) is 57.0 Å². The van der Waals surface area contributed by atoms with E-state index in [1.165, 1.54) is 24.3 Å². The minimum Gasteiger partial charge on any atom is -0.444 e. The zero-order chi connectivity index (χ0) is 45.6. The minimum atomic E-state index is -4.44. The van der Waals surface area contributed by atoms with Gasteiger partial charge >= 0.3 is 6.09 Å². The number of aliphatic hydroxyl groups is 1. The number of nitrogens with two attached hydrogens (primary N) is 2. The number of alkyl carbamates (subject to hydrolysis) is 1. The molecule has 18 heteroatoms. The lowest BCUT2D eigenvalue weighted by molar-refractivity contribution is -0.160. The van der Waals surface area contributed by atoms with Crippen LogP contribution < -0.4 is 27.4 Å². The van der Waals surface area contributed by atoms with Crippen molar-refractivity contribution in [3.63, 3.8) is 0 Å². The van der Waals surface area contributed by atoms with E-state index in [2.05, 4.69) is 38.5 Å². The second kappa shape index (κ2) is 20.1. The van der Waals surface area contributed by atoms with Gasteiger partial charge in [0.25, 0.3) is 17.7 Å². The van der Waals surface area contributed by atoms with E-state index in [4.69, 9.17) is 16.2 Å². The summed E-state index contributed by atoms with van der Waals surface area (Å²) in [5.41, 5.74) is 12.0. The molecule has 16 nitrogen and oxygen atoms in total. The Hall–Kier alpha value is -4.89. The lowest BCUT2D eigenvalue weighted by Gasteiger charge is -2.45. The predicted octanol–water partition coefficient (Wildman–Crippen LogP) is 3.72. The maximum Gasteiger partial charge on any atom is 0.407 e. The molecule has 334 valence electrons. The Morgan fingerprint density at radius 2 is 1.68 bits per heavy atom. The number of unbranched alkanes of at least 4 members (excludes halogenated alkanes) is 1. The first-order valence-electron chi connectivity index (χ1n) is 20.5. The molecule has 5 amide bonds. The van der Waals surface area contributed by atoms with Gasteiger partial charge in [0.1, 0.15) is 16.8 Å². The first-order valence-corrected chi connectivity index (χ1v) is 23.0. The van der Waals surface area contributed by atoms with Crippen molar-refractivity contribution in [2.75, 3.05) is 13.1 Å². The van der Waals surface area contributed by atoms with Gasteiger partial charge in [-0.1, -0.05) is 48.9 Å². The smallest absolute Gasteiger partial charge is 0.407 e. The average molecular weight is 986 g/mol. The standard InChI is InChI=1S/C44H56IN7O9S/c1-6-34-37(62(59,60)32-19-13-27(2)14-20-32)35(52-41(57)44(47,21-23-51(34)52)25-29-10-9-11-31(45)24-29)39(55)50-33(12-7-8-22-48-42(58)61-43(3,4)5)36(53)40(56)49-26-28-15-17-30(18-16-28)38(46)54/h9-11,13-20,24,33-34,36,53H,6-8,12,21-23,25-26,47H2,1-5H3,(H2,46,54)(H,48,58)(H,49,56)(H,50,55)/t33-,34?,36?,44?/m0/s1. The first-order chi connectivity index (χ1) is 29.1. The molecule has 5 rings (SSSR count). The highest BCUT2D eigenvalue weighted by Crippen LogP contribution is 2.42. The van der Waals surface area contributed by atoms with Gasteiger partial charge in [-0.05, 0) is 136 Å². The molecule has 2 aliphatic rings. The third kappa shape index (κ3) is 11.6. The number of halogens is 1. The Morgan fingerprint density at radius 3 is 2.29 bits per heavy atom. The lowest BCUT2D eigenvalue weighted by Crippen LogP contribution is -2.66. The van der Waals surface area contributed by atoms with Crippen LogP contribution in [0.3, 0.4) is 0 Å². The van der Waals surface area contributed by atoms with Crippen molar-refractivity contribution in [2.24, 2.45) is 11.5 Å². The summed E-state index contributed by atoms with van der Waals surface area (Å²) >= 11 is 2.17. The van der Waals surface area contributed by atoms with Gasteiger partial charge < -0.3 is 37.3 Å². The fraction of sp³-hybridized carbons (Fsp3) is 0.432. The highest BCUT2D eigenvalue weighted by atomic mass is 127. The number of sulfone groups is 1. The van der Waals surface area contributed by atoms with Crippen LogP contribution in [0.15, 0.2) is 88.3 Å². The van der Waals surface area contributed by atoms with Crippen molar-refractivity contribution >= 4 is 62.2 Å². The number of hydrogen-bond acceptors (Lipinski definition) is 11. The van der Waals surface area contributed by atoms with Crippen LogP contribution >= 0.6 is 22.6 Å². The average Bonchev–Trinajstić information content (AvgIpc) is 3.56. The van der Waals surface area contributed by atoms with Crippen molar-refractivity contribution in [2.45, 2.75) is 114 Å². The third-order valence-corrected chi connectivity index (χ3v) is 13.3. The predicted molar refractivity (Wildman–Crippen MR) is 240 cm³/mol. The summed E-state index contributed by atoms with van der Waals surface area (Å²) in [6, 6.07) is 17.6. The van der Waals surface area contributed by atoms with E-state index < -0.39 is 74.6 Å². The van der Waals surface area contributed by atoms with Gasteiger partial charge in [0.05, 0.1) is 21.9 Å². The summed E-state index contributed by atoms with van der Waals surface area (Å²) < 4.78 is 35.7. The first kappa shape index (κ1) is 48.1. The molecule has 3 aromatic rings. The van der Waals surface area contributed by atoms with Crippen molar-refractivity contribution in [3.05, 3.63) is 109 Å². The second-order valence-electron chi connectivity index (χ2n) is 16.7. The van der Waals surface area contributed by atoms with Gasteiger partial charge in [0.2, 0.25) is 15.7 Å². The molecule has 0 bridgehead atoms. The van der Waals surface area contributed by atoms with Crippen LogP contribution in [0.4, 0.5) is 4.79 Å². The van der Waals surface area contributed by atoms with Crippen LogP contribution in [-0.4, -0.2) is 95.7 Å². The van der Waals surface area contributed by atoms with Crippen LogP contribution in [0.2, 0.25) is 0 Å². The van der Waals surface area contributed by atoms with E-state index in [0.717, 1.165) is 19.7 Å². The number of amides is 5. The Bertz CT molecular complexity index is 2300. The Morgan fingerprint density at radius 1 is 1.00 bits per heavy atom. The highest BCUT2D eigenvalue weighted by Gasteiger charge is 2.56. The SMILES string of the molecule is CCC1C(S(=O)(=O)c2ccc(C)cc2)=C(C(=O)N[C@@H](CCCCNC(=O)OC(C)(C)C)C(O)C(=O)NCc2ccc(C(N)=O)cc2)N2C(=O)C(N)(Cc3cccc(I)c3)CCN12. The molecule has 2 aliphatic heterocycles. The number of nitrogens with one attached hydrogen (secondary N) is 3. The number of hydrazine groups is 1. The van der Waals surface area contributed by atoms with Gasteiger partial charge in [-0.2, -0.15) is 0 Å². The summed E-state index contributed by atoms with van der Waals surface area (Å²) in [5, 5.41) is 22.3. The molecule has 8 N–H and O–H groups in total. The largest absolute Gasteiger partial charge is 0.444 e. The molecule has 3 aromatic carbocycles. The van der Waals surface area contributed by atoms with Gasteiger partial charge in [-0.3, -0.25) is 19.2 Å². The van der Waals surface area contributed by atoms with E-state index in [9.17, 15) is 37.5 Å². The van der Waals surface area contributed by atoms with Crippen LogP contribution in [0.5, 0.6) is 0 Å². The maximum absolute atomic E-state index is 14.9. The molecule has 62 heavy (non-hydrogen) atoms. The topological polar surface area (TPSA) is 244 Å².